The molecule has 2 aromatic rings. The highest BCUT2D eigenvalue weighted by molar-refractivity contribution is 5.87. The fraction of sp³-hybridized carbons (Fsp3) is 0. The van der Waals surface area contributed by atoms with Crippen LogP contribution in [0.15, 0.2) is 60.7 Å². The van der Waals surface area contributed by atoms with Crippen LogP contribution >= 0.6 is 12.4 Å². The van der Waals surface area contributed by atoms with Gasteiger partial charge in [0.25, 0.3) is 0 Å². The molecule has 0 saturated heterocycles. The van der Waals surface area contributed by atoms with E-state index in [1.54, 1.807) is 6.08 Å². The first-order valence-corrected chi connectivity index (χ1v) is 5.33. The van der Waals surface area contributed by atoms with E-state index < -0.39 is 5.97 Å². The summed E-state index contributed by atoms with van der Waals surface area (Å²) in [6, 6.07) is 17.6. The number of aliphatic carboxylic acids is 1. The molecule has 3 heteroatoms. The van der Waals surface area contributed by atoms with Crippen LogP contribution in [-0.4, -0.2) is 11.1 Å². The molecule has 1 N–H and O–H groups in total. The Hall–Kier alpha value is -2.06. The van der Waals surface area contributed by atoms with E-state index in [0.717, 1.165) is 22.8 Å². The van der Waals surface area contributed by atoms with Crippen molar-refractivity contribution < 1.29 is 9.90 Å². The molecule has 0 atom stereocenters. The van der Waals surface area contributed by atoms with Gasteiger partial charge in [-0.25, -0.2) is 4.79 Å². The molecule has 0 radical (unpaired) electrons. The molecule has 0 unspecified atom stereocenters. The van der Waals surface area contributed by atoms with Gasteiger partial charge in [0.15, 0.2) is 0 Å². The van der Waals surface area contributed by atoms with Gasteiger partial charge in [0.1, 0.15) is 0 Å². The van der Waals surface area contributed by atoms with E-state index in [2.05, 4.69) is 0 Å². The summed E-state index contributed by atoms with van der Waals surface area (Å²) in [5, 5.41) is 8.65. The molecule has 2 rings (SSSR count). The molecule has 0 aromatic heterocycles. The highest BCUT2D eigenvalue weighted by Gasteiger charge is 2.01. The molecule has 2 aromatic carbocycles. The second kappa shape index (κ2) is 6.62. The molecule has 0 aliphatic carbocycles. The lowest BCUT2D eigenvalue weighted by Crippen LogP contribution is -1.87. The zero-order chi connectivity index (χ0) is 12.1. The van der Waals surface area contributed by atoms with Crippen LogP contribution in [0.1, 0.15) is 5.56 Å². The molecule has 0 spiro atoms. The topological polar surface area (TPSA) is 37.3 Å². The summed E-state index contributed by atoms with van der Waals surface area (Å²) < 4.78 is 0. The third-order valence-corrected chi connectivity index (χ3v) is 2.45. The van der Waals surface area contributed by atoms with E-state index in [1.807, 2.05) is 54.6 Å². The van der Waals surface area contributed by atoms with Gasteiger partial charge in [0, 0.05) is 6.08 Å². The summed E-state index contributed by atoms with van der Waals surface area (Å²) in [5.41, 5.74) is 3.02. The van der Waals surface area contributed by atoms with E-state index >= 15 is 0 Å². The van der Waals surface area contributed by atoms with E-state index in [4.69, 9.17) is 5.11 Å². The lowest BCUT2D eigenvalue weighted by molar-refractivity contribution is -0.131. The second-order valence-electron chi connectivity index (χ2n) is 3.62. The van der Waals surface area contributed by atoms with Gasteiger partial charge >= 0.3 is 5.97 Å². The lowest BCUT2D eigenvalue weighted by Gasteiger charge is -2.05. The third kappa shape index (κ3) is 3.47. The summed E-state index contributed by atoms with van der Waals surface area (Å²) in [6.45, 7) is 0. The third-order valence-electron chi connectivity index (χ3n) is 2.45. The van der Waals surface area contributed by atoms with Crippen molar-refractivity contribution in [2.24, 2.45) is 0 Å². The minimum atomic E-state index is -0.937. The zero-order valence-corrected chi connectivity index (χ0v) is 10.4. The number of carboxylic acids is 1. The maximum atomic E-state index is 10.5. The quantitative estimate of drug-likeness (QED) is 0.851. The van der Waals surface area contributed by atoms with Crippen molar-refractivity contribution >= 4 is 24.5 Å². The van der Waals surface area contributed by atoms with Crippen LogP contribution in [0.25, 0.3) is 17.2 Å². The Morgan fingerprint density at radius 2 is 1.56 bits per heavy atom. The largest absolute Gasteiger partial charge is 0.478 e. The van der Waals surface area contributed by atoms with Crippen LogP contribution in [0.4, 0.5) is 0 Å². The predicted octanol–water partition coefficient (Wildman–Crippen LogP) is 3.87. The SMILES string of the molecule is Cl.O=C(O)C=Cc1ccccc1-c1ccccc1. The van der Waals surface area contributed by atoms with Crippen LogP contribution in [0, 0.1) is 0 Å². The highest BCUT2D eigenvalue weighted by Crippen LogP contribution is 2.24. The van der Waals surface area contributed by atoms with Crippen LogP contribution in [-0.2, 0) is 4.79 Å². The normalized spacial score (nSPS) is 10.0. The smallest absolute Gasteiger partial charge is 0.328 e. The zero-order valence-electron chi connectivity index (χ0n) is 9.61. The Morgan fingerprint density at radius 1 is 0.944 bits per heavy atom. The van der Waals surface area contributed by atoms with Gasteiger partial charge in [-0.1, -0.05) is 54.6 Å². The number of hydrogen-bond acceptors (Lipinski definition) is 1. The average molecular weight is 261 g/mol. The first kappa shape index (κ1) is 14.0. The van der Waals surface area contributed by atoms with Crippen LogP contribution in [0.5, 0.6) is 0 Å². The number of benzene rings is 2. The number of hydrogen-bond donors (Lipinski definition) is 1. The maximum Gasteiger partial charge on any atom is 0.328 e. The van der Waals surface area contributed by atoms with Gasteiger partial charge < -0.3 is 5.11 Å². The Morgan fingerprint density at radius 3 is 2.22 bits per heavy atom. The number of rotatable bonds is 3. The minimum absolute atomic E-state index is 0. The van der Waals surface area contributed by atoms with Crippen LogP contribution < -0.4 is 0 Å². The first-order valence-electron chi connectivity index (χ1n) is 5.33. The first-order chi connectivity index (χ1) is 8.27. The molecule has 0 aliphatic heterocycles. The van der Waals surface area contributed by atoms with Crippen molar-refractivity contribution in [2.75, 3.05) is 0 Å². The second-order valence-corrected chi connectivity index (χ2v) is 3.62. The van der Waals surface area contributed by atoms with E-state index in [1.165, 1.54) is 0 Å². The van der Waals surface area contributed by atoms with Gasteiger partial charge in [0.2, 0.25) is 0 Å². The molecule has 92 valence electrons. The molecule has 0 bridgehead atoms. The monoisotopic (exact) mass is 260 g/mol. The Balaban J connectivity index is 0.00000162. The maximum absolute atomic E-state index is 10.5. The van der Waals surface area contributed by atoms with Crippen molar-refractivity contribution in [3.8, 4) is 11.1 Å². The minimum Gasteiger partial charge on any atom is -0.478 e. The average Bonchev–Trinajstić information content (AvgIpc) is 2.38. The summed E-state index contributed by atoms with van der Waals surface area (Å²) in [5.74, 6) is -0.937. The van der Waals surface area contributed by atoms with Crippen LogP contribution in [0.2, 0.25) is 0 Å². The van der Waals surface area contributed by atoms with Crippen molar-refractivity contribution in [2.45, 2.75) is 0 Å². The fourth-order valence-corrected chi connectivity index (χ4v) is 1.68. The van der Waals surface area contributed by atoms with Crippen molar-refractivity contribution in [1.29, 1.82) is 0 Å². The van der Waals surface area contributed by atoms with Gasteiger partial charge in [-0.05, 0) is 22.8 Å². The predicted molar refractivity (Wildman–Crippen MR) is 75.8 cm³/mol. The van der Waals surface area contributed by atoms with E-state index in [0.29, 0.717) is 0 Å². The summed E-state index contributed by atoms with van der Waals surface area (Å²) >= 11 is 0. The Bertz CT molecular complexity index is 547. The van der Waals surface area contributed by atoms with Crippen molar-refractivity contribution in [3.05, 3.63) is 66.2 Å². The van der Waals surface area contributed by atoms with Gasteiger partial charge in [-0.2, -0.15) is 0 Å². The lowest BCUT2D eigenvalue weighted by atomic mass is 9.99. The van der Waals surface area contributed by atoms with E-state index in [-0.39, 0.29) is 12.4 Å². The van der Waals surface area contributed by atoms with Crippen molar-refractivity contribution in [3.63, 3.8) is 0 Å². The Labute approximate surface area is 112 Å². The molecule has 0 heterocycles. The molecule has 0 amide bonds. The molecule has 0 fully saturated rings. The summed E-state index contributed by atoms with van der Waals surface area (Å²) in [6.07, 6.45) is 2.77. The molecule has 0 saturated carbocycles. The van der Waals surface area contributed by atoms with Crippen molar-refractivity contribution in [1.82, 2.24) is 0 Å². The fourth-order valence-electron chi connectivity index (χ4n) is 1.68. The Kier molecular flexibility index (Phi) is 5.15. The summed E-state index contributed by atoms with van der Waals surface area (Å²) in [7, 11) is 0. The molecule has 18 heavy (non-hydrogen) atoms. The van der Waals surface area contributed by atoms with Crippen LogP contribution in [0.3, 0.4) is 0 Å². The molecule has 0 aliphatic rings. The van der Waals surface area contributed by atoms with Gasteiger partial charge in [0.05, 0.1) is 0 Å². The standard InChI is InChI=1S/C15H12O2.ClH/c16-15(17)11-10-13-8-4-5-9-14(13)12-6-2-1-3-7-12;/h1-11H,(H,16,17);1H. The number of halogens is 1. The molecular formula is C15H13ClO2. The summed E-state index contributed by atoms with van der Waals surface area (Å²) in [4.78, 5) is 10.5. The highest BCUT2D eigenvalue weighted by atomic mass is 35.5. The molecule has 2 nitrogen and oxygen atoms in total. The molecular weight excluding hydrogens is 248 g/mol. The van der Waals surface area contributed by atoms with Gasteiger partial charge in [-0.15, -0.1) is 12.4 Å². The van der Waals surface area contributed by atoms with E-state index in [9.17, 15) is 4.79 Å². The number of carboxylic acid groups (broad SMARTS) is 1. The van der Waals surface area contributed by atoms with Gasteiger partial charge in [-0.3, -0.25) is 0 Å². The number of carbonyl (C=O) groups is 1.